The molecule has 1 aliphatic rings. The molecule has 1 aliphatic heterocycles. The average Bonchev–Trinajstić information content (AvgIpc) is 2.67. The van der Waals surface area contributed by atoms with E-state index in [0.29, 0.717) is 27.7 Å². The van der Waals surface area contributed by atoms with Gasteiger partial charge < -0.3 is 9.64 Å². The Kier molecular flexibility index (Phi) is 5.10. The highest BCUT2D eigenvalue weighted by Crippen LogP contribution is 2.37. The Morgan fingerprint density at radius 2 is 1.93 bits per heavy atom. The fourth-order valence-corrected chi connectivity index (χ4v) is 4.39. The van der Waals surface area contributed by atoms with E-state index >= 15 is 0 Å². The summed E-state index contributed by atoms with van der Waals surface area (Å²) in [5, 5.41) is 0.394. The molecule has 1 N–H and O–H groups in total. The second-order valence-electron chi connectivity index (χ2n) is 7.17. The molecule has 0 unspecified atom stereocenters. The molecule has 2 aromatic carbocycles. The normalized spacial score (nSPS) is 16.3. The summed E-state index contributed by atoms with van der Waals surface area (Å²) in [7, 11) is -2.03. The van der Waals surface area contributed by atoms with Gasteiger partial charge in [0.05, 0.1) is 22.5 Å². The van der Waals surface area contributed by atoms with Crippen LogP contribution in [0.1, 0.15) is 19.4 Å². The predicted molar refractivity (Wildman–Crippen MR) is 107 cm³/mol. The lowest BCUT2D eigenvalue weighted by atomic mass is 9.93. The number of hydrogen-bond acceptors (Lipinski definition) is 4. The number of nitrogens with one attached hydrogen (secondary N) is 1. The van der Waals surface area contributed by atoms with Gasteiger partial charge in [-0.25, -0.2) is 8.42 Å². The van der Waals surface area contributed by atoms with Crippen LogP contribution in [0.2, 0.25) is 5.02 Å². The summed E-state index contributed by atoms with van der Waals surface area (Å²) in [6, 6.07) is 11.7. The molecule has 0 radical (unpaired) electrons. The number of halogens is 1. The molecule has 3 rings (SSSR count). The average molecular weight is 409 g/mol. The van der Waals surface area contributed by atoms with Gasteiger partial charge >= 0.3 is 0 Å². The number of sulfonamides is 1. The molecule has 0 spiro atoms. The maximum absolute atomic E-state index is 12.6. The van der Waals surface area contributed by atoms with E-state index < -0.39 is 15.4 Å². The second-order valence-corrected chi connectivity index (χ2v) is 9.30. The molecule has 0 saturated heterocycles. The zero-order valence-electron chi connectivity index (χ0n) is 15.3. The van der Waals surface area contributed by atoms with Crippen LogP contribution in [0.5, 0.6) is 5.75 Å². The smallest absolute Gasteiger partial charge is 0.236 e. The molecule has 0 atom stereocenters. The maximum Gasteiger partial charge on any atom is 0.236 e. The first-order chi connectivity index (χ1) is 12.6. The van der Waals surface area contributed by atoms with E-state index in [-0.39, 0.29) is 18.3 Å². The number of fused-ring (bicyclic) bond motifs is 1. The first kappa shape index (κ1) is 19.5. The van der Waals surface area contributed by atoms with Crippen molar-refractivity contribution in [2.24, 2.45) is 5.41 Å². The van der Waals surface area contributed by atoms with Crippen LogP contribution in [0.15, 0.2) is 42.5 Å². The number of hydrogen-bond donors (Lipinski definition) is 1. The molecular formula is C19H21ClN2O4S. The lowest BCUT2D eigenvalue weighted by molar-refractivity contribution is -0.127. The fraction of sp³-hybridized carbons (Fsp3) is 0.316. The van der Waals surface area contributed by atoms with Crippen molar-refractivity contribution in [1.82, 2.24) is 0 Å². The van der Waals surface area contributed by atoms with Crippen LogP contribution >= 0.6 is 11.6 Å². The van der Waals surface area contributed by atoms with Crippen molar-refractivity contribution in [2.45, 2.75) is 19.6 Å². The highest BCUT2D eigenvalue weighted by Gasteiger charge is 2.36. The molecule has 1 heterocycles. The molecule has 0 saturated carbocycles. The van der Waals surface area contributed by atoms with Gasteiger partial charge in [-0.05, 0) is 43.7 Å². The highest BCUT2D eigenvalue weighted by atomic mass is 35.5. The minimum absolute atomic E-state index is 0.0997. The maximum atomic E-state index is 12.6. The van der Waals surface area contributed by atoms with Crippen molar-refractivity contribution in [1.29, 1.82) is 0 Å². The predicted octanol–water partition coefficient (Wildman–Crippen LogP) is 3.66. The van der Waals surface area contributed by atoms with Gasteiger partial charge in [0.25, 0.3) is 0 Å². The Morgan fingerprint density at radius 3 is 2.63 bits per heavy atom. The van der Waals surface area contributed by atoms with Gasteiger partial charge in [-0.15, -0.1) is 0 Å². The Hall–Kier alpha value is -2.25. The lowest BCUT2D eigenvalue weighted by Crippen LogP contribution is -2.39. The Balaban J connectivity index is 1.86. The van der Waals surface area contributed by atoms with Gasteiger partial charge in [0.15, 0.2) is 0 Å². The zero-order chi connectivity index (χ0) is 19.8. The number of anilines is 2. The van der Waals surface area contributed by atoms with E-state index in [0.717, 1.165) is 0 Å². The molecule has 0 aliphatic carbocycles. The Morgan fingerprint density at radius 1 is 1.22 bits per heavy atom. The quantitative estimate of drug-likeness (QED) is 0.837. The number of carbonyl (C=O) groups excluding carboxylic acids is 1. The third kappa shape index (κ3) is 4.20. The minimum atomic E-state index is -3.68. The third-order valence-electron chi connectivity index (χ3n) is 4.37. The van der Waals surface area contributed by atoms with Gasteiger partial charge in [-0.1, -0.05) is 29.8 Å². The number of nitrogens with zero attached hydrogens (tertiary/aromatic N) is 1. The molecule has 144 valence electrons. The largest absolute Gasteiger partial charge is 0.490 e. The molecule has 6 nitrogen and oxygen atoms in total. The van der Waals surface area contributed by atoms with Gasteiger partial charge in [0.2, 0.25) is 15.9 Å². The standard InChI is InChI=1S/C19H21ClN2O4S/c1-19(2)12-26-17-9-8-14(10-16(17)22(3)18(19)23)21-27(24,25)11-13-6-4-5-7-15(13)20/h4-10,21H,11-12H2,1-3H3. The summed E-state index contributed by atoms with van der Waals surface area (Å²) in [5.74, 6) is 0.185. The van der Waals surface area contributed by atoms with Gasteiger partial charge in [-0.3, -0.25) is 9.52 Å². The van der Waals surface area contributed by atoms with E-state index in [1.165, 1.54) is 4.90 Å². The zero-order valence-corrected chi connectivity index (χ0v) is 16.9. The molecule has 0 bridgehead atoms. The Labute approximate surface area is 164 Å². The summed E-state index contributed by atoms with van der Waals surface area (Å²) in [5.41, 5.74) is 0.711. The highest BCUT2D eigenvalue weighted by molar-refractivity contribution is 7.91. The number of benzene rings is 2. The SMILES string of the molecule is CN1C(=O)C(C)(C)COc2ccc(NS(=O)(=O)Cc3ccccc3Cl)cc21. The lowest BCUT2D eigenvalue weighted by Gasteiger charge is -2.24. The fourth-order valence-electron chi connectivity index (χ4n) is 2.88. The number of carbonyl (C=O) groups is 1. The van der Waals surface area contributed by atoms with Gasteiger partial charge in [0, 0.05) is 12.1 Å². The van der Waals surface area contributed by atoms with E-state index in [9.17, 15) is 13.2 Å². The molecule has 2 aromatic rings. The molecule has 0 aromatic heterocycles. The number of amides is 1. The molecule has 27 heavy (non-hydrogen) atoms. The van der Waals surface area contributed by atoms with Crippen molar-refractivity contribution in [3.8, 4) is 5.75 Å². The minimum Gasteiger partial charge on any atom is -0.490 e. The van der Waals surface area contributed by atoms with Crippen LogP contribution in [-0.4, -0.2) is 28.0 Å². The molecule has 1 amide bonds. The van der Waals surface area contributed by atoms with Crippen LogP contribution in [-0.2, 0) is 20.6 Å². The van der Waals surface area contributed by atoms with E-state index in [1.54, 1.807) is 49.5 Å². The molecular weight excluding hydrogens is 388 g/mol. The van der Waals surface area contributed by atoms with Crippen molar-refractivity contribution < 1.29 is 17.9 Å². The summed E-state index contributed by atoms with van der Waals surface area (Å²) >= 11 is 6.06. The first-order valence-electron chi connectivity index (χ1n) is 8.38. The Bertz CT molecular complexity index is 989. The second kappa shape index (κ2) is 7.05. The van der Waals surface area contributed by atoms with E-state index in [2.05, 4.69) is 4.72 Å². The van der Waals surface area contributed by atoms with Crippen LogP contribution in [0.4, 0.5) is 11.4 Å². The van der Waals surface area contributed by atoms with E-state index in [4.69, 9.17) is 16.3 Å². The summed E-state index contributed by atoms with van der Waals surface area (Å²) in [6.07, 6.45) is 0. The summed E-state index contributed by atoms with van der Waals surface area (Å²) in [4.78, 5) is 14.1. The van der Waals surface area contributed by atoms with Crippen LogP contribution in [0.25, 0.3) is 0 Å². The van der Waals surface area contributed by atoms with Gasteiger partial charge in [-0.2, -0.15) is 0 Å². The van der Waals surface area contributed by atoms with Crippen molar-refractivity contribution in [3.63, 3.8) is 0 Å². The summed E-state index contributed by atoms with van der Waals surface area (Å²) < 4.78 is 33.3. The molecule has 8 heteroatoms. The molecule has 0 fully saturated rings. The number of rotatable bonds is 4. The summed E-state index contributed by atoms with van der Waals surface area (Å²) in [6.45, 7) is 3.87. The van der Waals surface area contributed by atoms with Crippen molar-refractivity contribution in [3.05, 3.63) is 53.1 Å². The van der Waals surface area contributed by atoms with Gasteiger partial charge in [0.1, 0.15) is 12.4 Å². The first-order valence-corrected chi connectivity index (χ1v) is 10.4. The topological polar surface area (TPSA) is 75.7 Å². The van der Waals surface area contributed by atoms with Crippen LogP contribution < -0.4 is 14.4 Å². The van der Waals surface area contributed by atoms with Crippen LogP contribution in [0, 0.1) is 5.41 Å². The third-order valence-corrected chi connectivity index (χ3v) is 5.98. The van der Waals surface area contributed by atoms with Crippen molar-refractivity contribution in [2.75, 3.05) is 23.3 Å². The monoisotopic (exact) mass is 408 g/mol. The number of ether oxygens (including phenoxy) is 1. The van der Waals surface area contributed by atoms with Crippen LogP contribution in [0.3, 0.4) is 0 Å². The van der Waals surface area contributed by atoms with E-state index in [1.807, 2.05) is 13.8 Å². The van der Waals surface area contributed by atoms with Crippen molar-refractivity contribution >= 4 is 38.9 Å².